The molecule has 2 aromatic heterocycles. The molecule has 0 unspecified atom stereocenters. The molecule has 2 aromatic carbocycles. The molecule has 0 saturated heterocycles. The van der Waals surface area contributed by atoms with Crippen molar-refractivity contribution in [1.82, 2.24) is 19.4 Å². The van der Waals surface area contributed by atoms with Gasteiger partial charge in [-0.15, -0.1) is 0 Å². The lowest BCUT2D eigenvalue weighted by molar-refractivity contribution is -0.122. The number of nitrogens with zero attached hydrogens (tertiary/aromatic N) is 3. The van der Waals surface area contributed by atoms with Crippen molar-refractivity contribution >= 4 is 33.9 Å². The summed E-state index contributed by atoms with van der Waals surface area (Å²) in [4.78, 5) is 29.6. The highest BCUT2D eigenvalue weighted by molar-refractivity contribution is 6.50. The zero-order valence-electron chi connectivity index (χ0n) is 17.2. The molecule has 1 N–H and O–H groups in total. The topological polar surface area (TPSA) is 68.9 Å². The summed E-state index contributed by atoms with van der Waals surface area (Å²) >= 11 is 0. The lowest BCUT2D eigenvalue weighted by Gasteiger charge is -2.07. The van der Waals surface area contributed by atoms with Crippen LogP contribution in [-0.4, -0.2) is 25.9 Å². The van der Waals surface area contributed by atoms with Crippen molar-refractivity contribution in [3.8, 4) is 0 Å². The number of imidazole rings is 1. The van der Waals surface area contributed by atoms with E-state index in [9.17, 15) is 9.59 Å². The molecule has 3 heterocycles. The first-order valence-electron chi connectivity index (χ1n) is 10.3. The van der Waals surface area contributed by atoms with Crippen molar-refractivity contribution in [3.05, 3.63) is 90.1 Å². The first kappa shape index (κ1) is 19.1. The summed E-state index contributed by atoms with van der Waals surface area (Å²) in [6.45, 7) is 3.70. The summed E-state index contributed by atoms with van der Waals surface area (Å²) in [5.74, 6) is -0.695. The third-order valence-corrected chi connectivity index (χ3v) is 5.77. The Kier molecular flexibility index (Phi) is 4.75. The smallest absolute Gasteiger partial charge is 0.259 e. The maximum absolute atomic E-state index is 12.8. The minimum atomic E-state index is -0.349. The molecule has 0 fully saturated rings. The standard InChI is InChI=1S/C25H22N4O2/c1-17-14-26-16-29(17)13-7-12-28-15-20(19-10-5-6-11-21(19)28)23-22(24(30)27-25(23)31)18-8-3-2-4-9-18/h2-6,8-11,14-16H,7,12-13H2,1H3,(H,27,30,31). The van der Waals surface area contributed by atoms with Crippen LogP contribution in [0.4, 0.5) is 0 Å². The summed E-state index contributed by atoms with van der Waals surface area (Å²) in [5.41, 5.74) is 4.59. The van der Waals surface area contributed by atoms with Crippen LogP contribution in [0.15, 0.2) is 73.3 Å². The number of aryl methyl sites for hydroxylation is 3. The fraction of sp³-hybridized carbons (Fsp3) is 0.160. The number of carbonyl (C=O) groups excluding carboxylic acids is 2. The molecule has 6 nitrogen and oxygen atoms in total. The molecular formula is C25H22N4O2. The Morgan fingerprint density at radius 3 is 2.35 bits per heavy atom. The summed E-state index contributed by atoms with van der Waals surface area (Å²) in [6, 6.07) is 17.4. The number of fused-ring (bicyclic) bond motifs is 1. The van der Waals surface area contributed by atoms with Crippen molar-refractivity contribution in [3.63, 3.8) is 0 Å². The largest absolute Gasteiger partial charge is 0.347 e. The zero-order valence-corrected chi connectivity index (χ0v) is 17.2. The monoisotopic (exact) mass is 410 g/mol. The van der Waals surface area contributed by atoms with E-state index < -0.39 is 0 Å². The van der Waals surface area contributed by atoms with Gasteiger partial charge in [-0.1, -0.05) is 48.5 Å². The maximum atomic E-state index is 12.8. The van der Waals surface area contributed by atoms with E-state index in [1.54, 1.807) is 0 Å². The van der Waals surface area contributed by atoms with Crippen LogP contribution >= 0.6 is 0 Å². The van der Waals surface area contributed by atoms with E-state index >= 15 is 0 Å². The SMILES string of the molecule is Cc1cncn1CCCn1cc(C2=C(c3ccccc3)C(=O)NC2=O)c2ccccc21. The van der Waals surface area contributed by atoms with Gasteiger partial charge in [-0.3, -0.25) is 14.9 Å². The van der Waals surface area contributed by atoms with Gasteiger partial charge in [0, 0.05) is 47.6 Å². The van der Waals surface area contributed by atoms with Gasteiger partial charge in [0.2, 0.25) is 0 Å². The maximum Gasteiger partial charge on any atom is 0.259 e. The van der Waals surface area contributed by atoms with Gasteiger partial charge in [0.1, 0.15) is 0 Å². The summed E-state index contributed by atoms with van der Waals surface area (Å²) in [7, 11) is 0. The average Bonchev–Trinajstić information content (AvgIpc) is 3.44. The number of aromatic nitrogens is 3. The Labute approximate surface area is 179 Å². The van der Waals surface area contributed by atoms with E-state index in [4.69, 9.17) is 0 Å². The molecule has 154 valence electrons. The number of rotatable bonds is 6. The molecule has 0 saturated carbocycles. The number of para-hydroxylation sites is 1. The van der Waals surface area contributed by atoms with Crippen LogP contribution in [0.25, 0.3) is 22.0 Å². The summed E-state index contributed by atoms with van der Waals surface area (Å²) < 4.78 is 4.30. The Balaban J connectivity index is 1.57. The number of carbonyl (C=O) groups is 2. The molecule has 5 rings (SSSR count). The Morgan fingerprint density at radius 2 is 1.58 bits per heavy atom. The molecule has 31 heavy (non-hydrogen) atoms. The van der Waals surface area contributed by atoms with Crippen LogP contribution in [0, 0.1) is 6.92 Å². The lowest BCUT2D eigenvalue weighted by Crippen LogP contribution is -2.22. The highest BCUT2D eigenvalue weighted by Gasteiger charge is 2.33. The Hall–Kier alpha value is -3.93. The van der Waals surface area contributed by atoms with Crippen molar-refractivity contribution in [2.75, 3.05) is 0 Å². The molecule has 1 aliphatic heterocycles. The predicted octanol–water partition coefficient (Wildman–Crippen LogP) is 3.80. The van der Waals surface area contributed by atoms with Crippen LogP contribution in [0.1, 0.15) is 23.2 Å². The van der Waals surface area contributed by atoms with Gasteiger partial charge in [0.05, 0.1) is 17.5 Å². The zero-order chi connectivity index (χ0) is 21.4. The Morgan fingerprint density at radius 1 is 0.871 bits per heavy atom. The molecule has 0 spiro atoms. The second-order valence-corrected chi connectivity index (χ2v) is 7.73. The van der Waals surface area contributed by atoms with Crippen LogP contribution in [0.3, 0.4) is 0 Å². The van der Waals surface area contributed by atoms with Crippen molar-refractivity contribution < 1.29 is 9.59 Å². The van der Waals surface area contributed by atoms with Crippen molar-refractivity contribution in [2.24, 2.45) is 0 Å². The van der Waals surface area contributed by atoms with Crippen molar-refractivity contribution in [2.45, 2.75) is 26.4 Å². The molecule has 0 radical (unpaired) electrons. The van der Waals surface area contributed by atoms with E-state index in [1.807, 2.05) is 74.2 Å². The third-order valence-electron chi connectivity index (χ3n) is 5.77. The molecule has 1 aliphatic rings. The van der Waals surface area contributed by atoms with E-state index in [0.717, 1.165) is 47.2 Å². The molecular weight excluding hydrogens is 388 g/mol. The minimum Gasteiger partial charge on any atom is -0.347 e. The van der Waals surface area contributed by atoms with E-state index in [1.165, 1.54) is 0 Å². The Bertz CT molecular complexity index is 1330. The molecule has 0 aliphatic carbocycles. The van der Waals surface area contributed by atoms with Gasteiger partial charge in [0.15, 0.2) is 0 Å². The second kappa shape index (κ2) is 7.72. The van der Waals surface area contributed by atoms with Crippen molar-refractivity contribution in [1.29, 1.82) is 0 Å². The van der Waals surface area contributed by atoms with Crippen LogP contribution in [0.5, 0.6) is 0 Å². The average molecular weight is 410 g/mol. The third kappa shape index (κ3) is 3.36. The molecule has 0 bridgehead atoms. The molecule has 6 heteroatoms. The van der Waals surface area contributed by atoms with Crippen LogP contribution in [-0.2, 0) is 22.7 Å². The van der Waals surface area contributed by atoms with Gasteiger partial charge >= 0.3 is 0 Å². The molecule has 2 amide bonds. The first-order chi connectivity index (χ1) is 15.1. The fourth-order valence-electron chi connectivity index (χ4n) is 4.26. The van der Waals surface area contributed by atoms with E-state index in [-0.39, 0.29) is 11.8 Å². The number of benzene rings is 2. The summed E-state index contributed by atoms with van der Waals surface area (Å²) in [5, 5.41) is 3.45. The first-order valence-corrected chi connectivity index (χ1v) is 10.3. The molecule has 4 aromatic rings. The number of imide groups is 1. The van der Waals surface area contributed by atoms with Gasteiger partial charge in [-0.25, -0.2) is 4.98 Å². The van der Waals surface area contributed by atoms with E-state index in [0.29, 0.717) is 11.1 Å². The quantitative estimate of drug-likeness (QED) is 0.492. The van der Waals surface area contributed by atoms with Crippen LogP contribution in [0.2, 0.25) is 0 Å². The highest BCUT2D eigenvalue weighted by Crippen LogP contribution is 2.36. The highest BCUT2D eigenvalue weighted by atomic mass is 16.2. The fourth-order valence-corrected chi connectivity index (χ4v) is 4.26. The van der Waals surface area contributed by atoms with Gasteiger partial charge in [-0.2, -0.15) is 0 Å². The van der Waals surface area contributed by atoms with Gasteiger partial charge in [0.25, 0.3) is 11.8 Å². The second-order valence-electron chi connectivity index (χ2n) is 7.73. The van der Waals surface area contributed by atoms with Crippen LogP contribution < -0.4 is 5.32 Å². The van der Waals surface area contributed by atoms with Gasteiger partial charge < -0.3 is 9.13 Å². The number of nitrogens with one attached hydrogen (secondary N) is 1. The number of amides is 2. The van der Waals surface area contributed by atoms with E-state index in [2.05, 4.69) is 25.5 Å². The summed E-state index contributed by atoms with van der Waals surface area (Å²) in [6.07, 6.45) is 6.63. The normalized spacial score (nSPS) is 14.0. The minimum absolute atomic E-state index is 0.346. The predicted molar refractivity (Wildman–Crippen MR) is 120 cm³/mol. The van der Waals surface area contributed by atoms with Gasteiger partial charge in [-0.05, 0) is 25.0 Å². The number of hydrogen-bond donors (Lipinski definition) is 1. The lowest BCUT2D eigenvalue weighted by atomic mass is 9.96. The number of hydrogen-bond acceptors (Lipinski definition) is 3. The molecule has 0 atom stereocenters.